The topological polar surface area (TPSA) is 66.7 Å². The third-order valence-corrected chi connectivity index (χ3v) is 4.25. The number of thiazole rings is 1. The number of imidazole rings is 1. The normalized spacial score (nSPS) is 19.6. The van der Waals surface area contributed by atoms with E-state index in [0.29, 0.717) is 18.9 Å². The van der Waals surface area contributed by atoms with E-state index >= 15 is 0 Å². The average Bonchev–Trinajstić information content (AvgIpc) is 2.95. The fourth-order valence-corrected chi connectivity index (χ4v) is 3.31. The Kier molecular flexibility index (Phi) is 3.67. The van der Waals surface area contributed by atoms with Crippen LogP contribution in [0.5, 0.6) is 0 Å². The highest BCUT2D eigenvalue weighted by molar-refractivity contribution is 7.15. The van der Waals surface area contributed by atoms with E-state index in [1.165, 1.54) is 0 Å². The first-order chi connectivity index (χ1) is 10.0. The predicted octanol–water partition coefficient (Wildman–Crippen LogP) is 1.27. The number of aromatic nitrogens is 2. The molecule has 2 aromatic rings. The second kappa shape index (κ2) is 5.48. The standard InChI is InChI=1S/C14H18N4O2S/c1-9(2)5-11-13(20)18(8-12(19)16-11)7-10-6-17-3-4-21-14(17)15-10/h3-4,6,9,11H,5,7-8H2,1-2H3,(H,16,19). The smallest absolute Gasteiger partial charge is 0.245 e. The Labute approximate surface area is 126 Å². The van der Waals surface area contributed by atoms with Crippen molar-refractivity contribution < 1.29 is 9.59 Å². The number of nitrogens with one attached hydrogen (secondary N) is 1. The highest BCUT2D eigenvalue weighted by Gasteiger charge is 2.33. The lowest BCUT2D eigenvalue weighted by Gasteiger charge is -2.32. The fraction of sp³-hybridized carbons (Fsp3) is 0.500. The van der Waals surface area contributed by atoms with E-state index in [-0.39, 0.29) is 18.4 Å². The van der Waals surface area contributed by atoms with Gasteiger partial charge in [-0.05, 0) is 12.3 Å². The van der Waals surface area contributed by atoms with Crippen molar-refractivity contribution in [1.82, 2.24) is 19.6 Å². The molecule has 6 nitrogen and oxygen atoms in total. The van der Waals surface area contributed by atoms with Crippen LogP contribution < -0.4 is 5.32 Å². The van der Waals surface area contributed by atoms with Crippen molar-refractivity contribution in [1.29, 1.82) is 0 Å². The first kappa shape index (κ1) is 14.1. The van der Waals surface area contributed by atoms with Gasteiger partial charge in [-0.3, -0.25) is 14.0 Å². The van der Waals surface area contributed by atoms with Crippen molar-refractivity contribution in [2.75, 3.05) is 6.54 Å². The second-order valence-corrected chi connectivity index (χ2v) is 6.64. The van der Waals surface area contributed by atoms with E-state index in [9.17, 15) is 9.59 Å². The Morgan fingerprint density at radius 3 is 3.00 bits per heavy atom. The molecule has 1 fully saturated rings. The molecule has 0 aliphatic carbocycles. The molecule has 1 aliphatic rings. The molecule has 0 radical (unpaired) electrons. The van der Waals surface area contributed by atoms with Crippen LogP contribution in [0.15, 0.2) is 17.8 Å². The molecule has 1 unspecified atom stereocenters. The summed E-state index contributed by atoms with van der Waals surface area (Å²) in [5.74, 6) is 0.248. The summed E-state index contributed by atoms with van der Waals surface area (Å²) >= 11 is 1.55. The number of carbonyl (C=O) groups is 2. The highest BCUT2D eigenvalue weighted by Crippen LogP contribution is 2.16. The quantitative estimate of drug-likeness (QED) is 0.925. The lowest BCUT2D eigenvalue weighted by Crippen LogP contribution is -2.57. The van der Waals surface area contributed by atoms with Crippen LogP contribution in [0, 0.1) is 5.92 Å². The zero-order valence-electron chi connectivity index (χ0n) is 12.1. The molecule has 7 heteroatoms. The van der Waals surface area contributed by atoms with Gasteiger partial charge in [0, 0.05) is 17.8 Å². The molecule has 21 heavy (non-hydrogen) atoms. The maximum atomic E-state index is 12.4. The number of rotatable bonds is 4. The minimum Gasteiger partial charge on any atom is -0.343 e. The van der Waals surface area contributed by atoms with Gasteiger partial charge in [-0.1, -0.05) is 13.8 Å². The summed E-state index contributed by atoms with van der Waals surface area (Å²) in [5.41, 5.74) is 0.813. The van der Waals surface area contributed by atoms with E-state index in [1.807, 2.05) is 36.0 Å². The molecule has 3 rings (SSSR count). The van der Waals surface area contributed by atoms with Gasteiger partial charge in [-0.2, -0.15) is 0 Å². The van der Waals surface area contributed by atoms with Gasteiger partial charge >= 0.3 is 0 Å². The first-order valence-electron chi connectivity index (χ1n) is 7.02. The number of fused-ring (bicyclic) bond motifs is 1. The van der Waals surface area contributed by atoms with E-state index in [0.717, 1.165) is 10.7 Å². The lowest BCUT2D eigenvalue weighted by molar-refractivity contribution is -0.145. The highest BCUT2D eigenvalue weighted by atomic mass is 32.1. The van der Waals surface area contributed by atoms with Crippen LogP contribution in [-0.2, 0) is 16.1 Å². The third kappa shape index (κ3) is 2.92. The average molecular weight is 306 g/mol. The molecule has 2 amide bonds. The Bertz CT molecular complexity index is 647. The molecule has 3 heterocycles. The van der Waals surface area contributed by atoms with E-state index in [1.54, 1.807) is 16.2 Å². The van der Waals surface area contributed by atoms with Gasteiger partial charge in [0.2, 0.25) is 11.8 Å². The number of hydrogen-bond donors (Lipinski definition) is 1. The summed E-state index contributed by atoms with van der Waals surface area (Å²) in [6, 6.07) is -0.407. The van der Waals surface area contributed by atoms with E-state index in [4.69, 9.17) is 0 Å². The Hall–Kier alpha value is -1.89. The molecule has 1 atom stereocenters. The number of nitrogens with zero attached hydrogens (tertiary/aromatic N) is 3. The zero-order valence-corrected chi connectivity index (χ0v) is 12.9. The summed E-state index contributed by atoms with van der Waals surface area (Å²) in [6.07, 6.45) is 4.51. The van der Waals surface area contributed by atoms with Crippen molar-refractivity contribution in [2.24, 2.45) is 5.92 Å². The van der Waals surface area contributed by atoms with Gasteiger partial charge in [0.05, 0.1) is 12.2 Å². The van der Waals surface area contributed by atoms with Gasteiger partial charge in [-0.25, -0.2) is 4.98 Å². The minimum absolute atomic E-state index is 0.0142. The van der Waals surface area contributed by atoms with Crippen LogP contribution in [0.4, 0.5) is 0 Å². The number of amides is 2. The van der Waals surface area contributed by atoms with Crippen molar-refractivity contribution >= 4 is 28.1 Å². The van der Waals surface area contributed by atoms with Crippen molar-refractivity contribution in [2.45, 2.75) is 32.9 Å². The molecule has 0 spiro atoms. The molecule has 2 aromatic heterocycles. The minimum atomic E-state index is -0.407. The van der Waals surface area contributed by atoms with E-state index < -0.39 is 6.04 Å². The van der Waals surface area contributed by atoms with Crippen LogP contribution in [0.3, 0.4) is 0 Å². The molecule has 1 aliphatic heterocycles. The number of piperazine rings is 1. The number of hydrogen-bond acceptors (Lipinski definition) is 4. The second-order valence-electron chi connectivity index (χ2n) is 5.77. The monoisotopic (exact) mass is 306 g/mol. The van der Waals surface area contributed by atoms with Crippen LogP contribution in [0.25, 0.3) is 4.96 Å². The molecule has 0 aromatic carbocycles. The summed E-state index contributed by atoms with van der Waals surface area (Å²) in [7, 11) is 0. The van der Waals surface area contributed by atoms with Crippen LogP contribution >= 0.6 is 11.3 Å². The van der Waals surface area contributed by atoms with Gasteiger partial charge in [0.1, 0.15) is 12.6 Å². The SMILES string of the molecule is CC(C)CC1NC(=O)CN(Cc2cn3ccsc3n2)C1=O. The Morgan fingerprint density at radius 1 is 1.48 bits per heavy atom. The first-order valence-corrected chi connectivity index (χ1v) is 7.90. The zero-order chi connectivity index (χ0) is 15.0. The maximum Gasteiger partial charge on any atom is 0.245 e. The maximum absolute atomic E-state index is 12.4. The van der Waals surface area contributed by atoms with Crippen LogP contribution in [0.2, 0.25) is 0 Å². The molecule has 0 bridgehead atoms. The lowest BCUT2D eigenvalue weighted by atomic mass is 10.0. The van der Waals surface area contributed by atoms with Crippen molar-refractivity contribution in [3.05, 3.63) is 23.5 Å². The Morgan fingerprint density at radius 2 is 2.29 bits per heavy atom. The number of carbonyl (C=O) groups excluding carboxylic acids is 2. The van der Waals surface area contributed by atoms with Crippen LogP contribution in [-0.4, -0.2) is 38.7 Å². The summed E-state index contributed by atoms with van der Waals surface area (Å²) in [5, 5.41) is 4.74. The van der Waals surface area contributed by atoms with Crippen molar-refractivity contribution in [3.63, 3.8) is 0 Å². The molecule has 0 saturated carbocycles. The molecular formula is C14H18N4O2S. The van der Waals surface area contributed by atoms with Gasteiger partial charge in [-0.15, -0.1) is 11.3 Å². The Balaban J connectivity index is 1.75. The van der Waals surface area contributed by atoms with E-state index in [2.05, 4.69) is 10.3 Å². The summed E-state index contributed by atoms with van der Waals surface area (Å²) in [6.45, 7) is 4.58. The van der Waals surface area contributed by atoms with Gasteiger partial charge < -0.3 is 10.2 Å². The summed E-state index contributed by atoms with van der Waals surface area (Å²) in [4.78, 5) is 31.2. The van der Waals surface area contributed by atoms with Gasteiger partial charge in [0.15, 0.2) is 4.96 Å². The molecular weight excluding hydrogens is 288 g/mol. The largest absolute Gasteiger partial charge is 0.343 e. The fourth-order valence-electron chi connectivity index (χ4n) is 2.59. The third-order valence-electron chi connectivity index (χ3n) is 3.48. The molecule has 1 N–H and O–H groups in total. The molecule has 112 valence electrons. The van der Waals surface area contributed by atoms with Crippen LogP contribution in [0.1, 0.15) is 26.0 Å². The van der Waals surface area contributed by atoms with Crippen molar-refractivity contribution in [3.8, 4) is 0 Å². The van der Waals surface area contributed by atoms with Gasteiger partial charge in [0.25, 0.3) is 0 Å². The molecule has 1 saturated heterocycles. The summed E-state index contributed by atoms with van der Waals surface area (Å²) < 4.78 is 1.93. The predicted molar refractivity (Wildman–Crippen MR) is 79.9 cm³/mol.